The van der Waals surface area contributed by atoms with Crippen LogP contribution in [0.25, 0.3) is 0 Å². The minimum atomic E-state index is -0.0824. The highest BCUT2D eigenvalue weighted by molar-refractivity contribution is 5.69. The molecule has 0 N–H and O–H groups in total. The summed E-state index contributed by atoms with van der Waals surface area (Å²) in [6, 6.07) is 0. The molecule has 1 atom stereocenters. The molecular formula is C11H20O3. The Morgan fingerprint density at radius 2 is 2.36 bits per heavy atom. The SMILES string of the molecule is CCCOC(=O)CCC1CCCCO1. The third-order valence-corrected chi connectivity index (χ3v) is 2.41. The zero-order valence-corrected chi connectivity index (χ0v) is 8.96. The molecule has 14 heavy (non-hydrogen) atoms. The number of esters is 1. The van der Waals surface area contributed by atoms with Gasteiger partial charge in [0.2, 0.25) is 0 Å². The molecule has 1 fully saturated rings. The van der Waals surface area contributed by atoms with Crippen molar-refractivity contribution < 1.29 is 14.3 Å². The molecule has 0 bridgehead atoms. The molecule has 0 aromatic rings. The van der Waals surface area contributed by atoms with Crippen LogP contribution in [0.2, 0.25) is 0 Å². The highest BCUT2D eigenvalue weighted by Crippen LogP contribution is 2.17. The molecule has 0 spiro atoms. The summed E-state index contributed by atoms with van der Waals surface area (Å²) in [6.45, 7) is 3.40. The lowest BCUT2D eigenvalue weighted by Gasteiger charge is -2.21. The first-order chi connectivity index (χ1) is 6.83. The van der Waals surface area contributed by atoms with Crippen LogP contribution < -0.4 is 0 Å². The average molecular weight is 200 g/mol. The fraction of sp³-hybridized carbons (Fsp3) is 0.909. The number of rotatable bonds is 5. The van der Waals surface area contributed by atoms with Crippen LogP contribution in [-0.2, 0) is 14.3 Å². The van der Waals surface area contributed by atoms with E-state index < -0.39 is 0 Å². The molecule has 0 aromatic heterocycles. The molecule has 0 aliphatic carbocycles. The van der Waals surface area contributed by atoms with E-state index in [-0.39, 0.29) is 12.1 Å². The summed E-state index contributed by atoms with van der Waals surface area (Å²) in [7, 11) is 0. The Morgan fingerprint density at radius 3 is 3.00 bits per heavy atom. The van der Waals surface area contributed by atoms with Gasteiger partial charge in [-0.05, 0) is 32.1 Å². The monoisotopic (exact) mass is 200 g/mol. The summed E-state index contributed by atoms with van der Waals surface area (Å²) in [4.78, 5) is 11.2. The predicted octanol–water partition coefficient (Wildman–Crippen LogP) is 2.29. The van der Waals surface area contributed by atoms with Crippen molar-refractivity contribution in [2.24, 2.45) is 0 Å². The molecule has 1 heterocycles. The summed E-state index contributed by atoms with van der Waals surface area (Å²) in [6.07, 6.45) is 6.00. The first-order valence-electron chi connectivity index (χ1n) is 5.60. The molecule has 0 aromatic carbocycles. The van der Waals surface area contributed by atoms with Crippen molar-refractivity contribution in [1.29, 1.82) is 0 Å². The van der Waals surface area contributed by atoms with Gasteiger partial charge in [0.1, 0.15) is 0 Å². The van der Waals surface area contributed by atoms with Gasteiger partial charge in [-0.3, -0.25) is 4.79 Å². The maximum absolute atomic E-state index is 11.2. The molecule has 0 radical (unpaired) electrons. The van der Waals surface area contributed by atoms with Crippen molar-refractivity contribution in [1.82, 2.24) is 0 Å². The molecule has 3 heteroatoms. The molecule has 0 saturated carbocycles. The first kappa shape index (κ1) is 11.5. The molecule has 1 rings (SSSR count). The molecule has 1 aliphatic rings. The van der Waals surface area contributed by atoms with E-state index in [1.165, 1.54) is 6.42 Å². The van der Waals surface area contributed by atoms with E-state index in [9.17, 15) is 4.79 Å². The van der Waals surface area contributed by atoms with Crippen molar-refractivity contribution in [3.8, 4) is 0 Å². The molecule has 82 valence electrons. The highest BCUT2D eigenvalue weighted by Gasteiger charge is 2.15. The standard InChI is InChI=1S/C11H20O3/c1-2-8-14-11(12)7-6-10-5-3-4-9-13-10/h10H,2-9H2,1H3. The van der Waals surface area contributed by atoms with Crippen molar-refractivity contribution in [2.45, 2.75) is 51.6 Å². The summed E-state index contributed by atoms with van der Waals surface area (Å²) in [5.74, 6) is -0.0824. The topological polar surface area (TPSA) is 35.5 Å². The third-order valence-electron chi connectivity index (χ3n) is 2.41. The second-order valence-corrected chi connectivity index (χ2v) is 3.75. The van der Waals surface area contributed by atoms with E-state index in [2.05, 4.69) is 0 Å². The van der Waals surface area contributed by atoms with Crippen molar-refractivity contribution in [3.63, 3.8) is 0 Å². The van der Waals surface area contributed by atoms with Crippen LogP contribution in [0.1, 0.15) is 45.4 Å². The summed E-state index contributed by atoms with van der Waals surface area (Å²) in [5.41, 5.74) is 0. The molecular weight excluding hydrogens is 180 g/mol. The fourth-order valence-electron chi connectivity index (χ4n) is 1.60. The zero-order valence-electron chi connectivity index (χ0n) is 8.96. The lowest BCUT2D eigenvalue weighted by Crippen LogP contribution is -2.20. The number of ether oxygens (including phenoxy) is 2. The van der Waals surface area contributed by atoms with Gasteiger partial charge in [0, 0.05) is 13.0 Å². The molecule has 1 unspecified atom stereocenters. The van der Waals surface area contributed by atoms with Gasteiger partial charge in [0.05, 0.1) is 12.7 Å². The van der Waals surface area contributed by atoms with Crippen LogP contribution in [0.5, 0.6) is 0 Å². The normalized spacial score (nSPS) is 21.9. The van der Waals surface area contributed by atoms with Crippen molar-refractivity contribution >= 4 is 5.97 Å². The quantitative estimate of drug-likeness (QED) is 0.639. The molecule has 1 aliphatic heterocycles. The number of carbonyl (C=O) groups excluding carboxylic acids is 1. The summed E-state index contributed by atoms with van der Waals surface area (Å²) >= 11 is 0. The van der Waals surface area contributed by atoms with E-state index in [0.29, 0.717) is 13.0 Å². The Hall–Kier alpha value is -0.570. The van der Waals surface area contributed by atoms with E-state index in [1.54, 1.807) is 0 Å². The van der Waals surface area contributed by atoms with Gasteiger partial charge in [-0.1, -0.05) is 6.92 Å². The van der Waals surface area contributed by atoms with Gasteiger partial charge in [0.25, 0.3) is 0 Å². The highest BCUT2D eigenvalue weighted by atomic mass is 16.5. The van der Waals surface area contributed by atoms with E-state index in [1.807, 2.05) is 6.92 Å². The lowest BCUT2D eigenvalue weighted by atomic mass is 10.1. The number of carbonyl (C=O) groups is 1. The largest absolute Gasteiger partial charge is 0.466 e. The Labute approximate surface area is 85.8 Å². The lowest BCUT2D eigenvalue weighted by molar-refractivity contribution is -0.144. The Kier molecular flexibility index (Phi) is 5.60. The van der Waals surface area contributed by atoms with Crippen LogP contribution in [0, 0.1) is 0 Å². The second kappa shape index (κ2) is 6.82. The van der Waals surface area contributed by atoms with E-state index in [0.717, 1.165) is 32.3 Å². The molecule has 3 nitrogen and oxygen atoms in total. The van der Waals surface area contributed by atoms with Gasteiger partial charge in [-0.15, -0.1) is 0 Å². The molecule has 0 amide bonds. The van der Waals surface area contributed by atoms with Crippen molar-refractivity contribution in [2.75, 3.05) is 13.2 Å². The Balaban J connectivity index is 2.03. The maximum atomic E-state index is 11.2. The van der Waals surface area contributed by atoms with Gasteiger partial charge >= 0.3 is 5.97 Å². The van der Waals surface area contributed by atoms with Crippen LogP contribution in [0.15, 0.2) is 0 Å². The van der Waals surface area contributed by atoms with Gasteiger partial charge in [-0.25, -0.2) is 0 Å². The van der Waals surface area contributed by atoms with Crippen LogP contribution >= 0.6 is 0 Å². The van der Waals surface area contributed by atoms with Crippen LogP contribution in [0.4, 0.5) is 0 Å². The van der Waals surface area contributed by atoms with Gasteiger partial charge in [0.15, 0.2) is 0 Å². The summed E-state index contributed by atoms with van der Waals surface area (Å²) in [5, 5.41) is 0. The first-order valence-corrected chi connectivity index (χ1v) is 5.60. The third kappa shape index (κ3) is 4.61. The second-order valence-electron chi connectivity index (χ2n) is 3.75. The van der Waals surface area contributed by atoms with Gasteiger partial charge in [-0.2, -0.15) is 0 Å². The number of hydrogen-bond acceptors (Lipinski definition) is 3. The fourth-order valence-corrected chi connectivity index (χ4v) is 1.60. The van der Waals surface area contributed by atoms with Crippen molar-refractivity contribution in [3.05, 3.63) is 0 Å². The Bertz CT molecular complexity index is 162. The smallest absolute Gasteiger partial charge is 0.305 e. The molecule has 1 saturated heterocycles. The van der Waals surface area contributed by atoms with E-state index in [4.69, 9.17) is 9.47 Å². The minimum Gasteiger partial charge on any atom is -0.466 e. The Morgan fingerprint density at radius 1 is 1.50 bits per heavy atom. The average Bonchev–Trinajstić information content (AvgIpc) is 2.25. The zero-order chi connectivity index (χ0) is 10.2. The number of hydrogen-bond donors (Lipinski definition) is 0. The minimum absolute atomic E-state index is 0.0824. The van der Waals surface area contributed by atoms with E-state index >= 15 is 0 Å². The van der Waals surface area contributed by atoms with Crippen LogP contribution in [-0.4, -0.2) is 25.3 Å². The maximum Gasteiger partial charge on any atom is 0.305 e. The van der Waals surface area contributed by atoms with Gasteiger partial charge < -0.3 is 9.47 Å². The predicted molar refractivity (Wildman–Crippen MR) is 54.1 cm³/mol. The summed E-state index contributed by atoms with van der Waals surface area (Å²) < 4.78 is 10.5. The van der Waals surface area contributed by atoms with Crippen LogP contribution in [0.3, 0.4) is 0 Å².